The number of likely N-dealkylation sites (tertiary alicyclic amines) is 1. The fourth-order valence-corrected chi connectivity index (χ4v) is 4.42. The van der Waals surface area contributed by atoms with Crippen molar-refractivity contribution in [3.05, 3.63) is 71.8 Å². The molecule has 1 saturated heterocycles. The number of alkyl halides is 6. The van der Waals surface area contributed by atoms with Gasteiger partial charge in [-0.1, -0.05) is 12.1 Å². The average molecular weight is 620 g/mol. The number of benzene rings is 1. The van der Waals surface area contributed by atoms with E-state index < -0.39 is 30.1 Å². The minimum absolute atomic E-state index is 0.286. The Morgan fingerprint density at radius 2 is 1.53 bits per heavy atom. The van der Waals surface area contributed by atoms with E-state index in [1.165, 1.54) is 17.7 Å². The van der Waals surface area contributed by atoms with Crippen LogP contribution in [0.5, 0.6) is 0 Å². The zero-order chi connectivity index (χ0) is 31.9. The number of pyridine rings is 1. The number of carboxylic acid groups (broad SMARTS) is 2. The number of amides is 1. The highest BCUT2D eigenvalue weighted by Gasteiger charge is 2.40. The molecule has 0 radical (unpaired) electrons. The first-order chi connectivity index (χ1) is 20.0. The highest BCUT2D eigenvalue weighted by atomic mass is 19.4. The van der Waals surface area contributed by atoms with E-state index in [0.29, 0.717) is 17.5 Å². The number of hydrogen-bond acceptors (Lipinski definition) is 7. The summed E-state index contributed by atoms with van der Waals surface area (Å²) < 4.78 is 78.8. The summed E-state index contributed by atoms with van der Waals surface area (Å²) in [6, 6.07) is 9.89. The van der Waals surface area contributed by atoms with Gasteiger partial charge in [-0.05, 0) is 41.7 Å². The molecule has 2 aromatic heterocycles. The van der Waals surface area contributed by atoms with E-state index in [2.05, 4.69) is 31.5 Å². The molecule has 11 nitrogen and oxygen atoms in total. The number of aliphatic carboxylic acids is 2. The molecule has 0 bridgehead atoms. The molecule has 1 aromatic carbocycles. The lowest BCUT2D eigenvalue weighted by Gasteiger charge is -2.25. The highest BCUT2D eigenvalue weighted by Crippen LogP contribution is 2.33. The van der Waals surface area contributed by atoms with Crippen LogP contribution in [0.2, 0.25) is 0 Å². The highest BCUT2D eigenvalue weighted by molar-refractivity contribution is 6.01. The summed E-state index contributed by atoms with van der Waals surface area (Å²) in [6.45, 7) is 3.59. The van der Waals surface area contributed by atoms with Crippen LogP contribution in [0.4, 0.5) is 36.4 Å². The van der Waals surface area contributed by atoms with Crippen molar-refractivity contribution in [2.24, 2.45) is 11.8 Å². The largest absolute Gasteiger partial charge is 0.490 e. The van der Waals surface area contributed by atoms with Gasteiger partial charge in [-0.25, -0.2) is 14.0 Å². The number of aromatic nitrogens is 4. The zero-order valence-corrected chi connectivity index (χ0v) is 21.8. The minimum Gasteiger partial charge on any atom is -0.475 e. The quantitative estimate of drug-likeness (QED) is 0.372. The second-order valence-electron chi connectivity index (χ2n) is 9.40. The molecule has 2 unspecified atom stereocenters. The van der Waals surface area contributed by atoms with Crippen LogP contribution in [0.15, 0.2) is 48.8 Å². The van der Waals surface area contributed by atoms with Crippen molar-refractivity contribution in [2.45, 2.75) is 31.9 Å². The molecule has 2 atom stereocenters. The van der Waals surface area contributed by atoms with E-state index in [1.54, 1.807) is 18.3 Å². The second-order valence-corrected chi connectivity index (χ2v) is 9.40. The predicted octanol–water partition coefficient (Wildman–Crippen LogP) is 3.64. The third kappa shape index (κ3) is 9.45. The molecule has 232 valence electrons. The van der Waals surface area contributed by atoms with E-state index in [4.69, 9.17) is 19.8 Å². The van der Waals surface area contributed by atoms with Crippen molar-refractivity contribution in [1.29, 1.82) is 0 Å². The zero-order valence-electron chi connectivity index (χ0n) is 21.8. The van der Waals surface area contributed by atoms with Crippen LogP contribution in [0.25, 0.3) is 0 Å². The molecule has 3 aromatic rings. The molecule has 4 heterocycles. The van der Waals surface area contributed by atoms with Gasteiger partial charge in [-0.3, -0.25) is 14.7 Å². The number of anilines is 1. The summed E-state index contributed by atoms with van der Waals surface area (Å²) in [4.78, 5) is 37.1. The number of nitrogens with one attached hydrogen (secondary N) is 1. The first-order valence-electron chi connectivity index (χ1n) is 12.2. The lowest BCUT2D eigenvalue weighted by atomic mass is 9.89. The van der Waals surface area contributed by atoms with Crippen molar-refractivity contribution in [3.63, 3.8) is 0 Å². The topological polar surface area (TPSA) is 151 Å². The summed E-state index contributed by atoms with van der Waals surface area (Å²) in [5, 5.41) is 25.3. The van der Waals surface area contributed by atoms with Gasteiger partial charge < -0.3 is 20.1 Å². The number of carbonyl (C=O) groups excluding carboxylic acids is 1. The molecule has 0 aliphatic carbocycles. The van der Waals surface area contributed by atoms with Gasteiger partial charge in [0.1, 0.15) is 11.6 Å². The Balaban J connectivity index is 0.000000303. The number of fused-ring (bicyclic) bond motifs is 2. The summed E-state index contributed by atoms with van der Waals surface area (Å²) in [6.07, 6.45) is -5.66. The molecule has 0 spiro atoms. The lowest BCUT2D eigenvalue weighted by Crippen LogP contribution is -2.31. The Hall–Kier alpha value is -4.61. The van der Waals surface area contributed by atoms with Crippen LogP contribution >= 0.6 is 0 Å². The summed E-state index contributed by atoms with van der Waals surface area (Å²) in [5.41, 5.74) is 1.62. The van der Waals surface area contributed by atoms with E-state index in [0.717, 1.165) is 38.4 Å². The van der Waals surface area contributed by atoms with E-state index in [9.17, 15) is 35.5 Å². The van der Waals surface area contributed by atoms with Gasteiger partial charge in [-0.2, -0.15) is 26.3 Å². The Morgan fingerprint density at radius 3 is 2.09 bits per heavy atom. The van der Waals surface area contributed by atoms with Gasteiger partial charge in [-0.15, -0.1) is 10.2 Å². The molecule has 0 saturated carbocycles. The molecule has 1 fully saturated rings. The number of hydrogen-bond donors (Lipinski definition) is 3. The van der Waals surface area contributed by atoms with Crippen molar-refractivity contribution in [1.82, 2.24) is 24.6 Å². The minimum atomic E-state index is -5.08. The Morgan fingerprint density at radius 1 is 0.907 bits per heavy atom. The first-order valence-corrected chi connectivity index (χ1v) is 12.2. The normalized spacial score (nSPS) is 17.7. The Labute approximate surface area is 238 Å². The molecule has 43 heavy (non-hydrogen) atoms. The van der Waals surface area contributed by atoms with E-state index in [1.807, 2.05) is 16.8 Å². The monoisotopic (exact) mass is 620 g/mol. The van der Waals surface area contributed by atoms with Gasteiger partial charge in [0.05, 0.1) is 0 Å². The van der Waals surface area contributed by atoms with Gasteiger partial charge in [0.2, 0.25) is 5.82 Å². The predicted molar refractivity (Wildman–Crippen MR) is 132 cm³/mol. The van der Waals surface area contributed by atoms with Gasteiger partial charge in [0.25, 0.3) is 5.91 Å². The molecular formula is C25H23F7N6O5. The van der Waals surface area contributed by atoms with Crippen LogP contribution < -0.4 is 5.32 Å². The average Bonchev–Trinajstić information content (AvgIpc) is 3.50. The SMILES string of the molecule is O=C(Nc1cccc(F)c1)c1nnc2n1CC1CN(Cc3cccnc3)CC1C2.O=C(O)C(F)(F)F.O=C(O)C(F)(F)F. The van der Waals surface area contributed by atoms with Crippen LogP contribution in [0.1, 0.15) is 22.0 Å². The molecule has 2 aliphatic heterocycles. The standard InChI is InChI=1S/C21H21FN6O.2C2HF3O2/c22-17-4-1-5-18(8-17)24-21(29)20-26-25-19-7-15-11-27(12-16(15)13-28(19)20)10-14-3-2-6-23-9-14;2*3-2(4,5)1(6)7/h1-6,8-9,15-16H,7,10-13H2,(H,24,29);2*(H,6,7). The maximum absolute atomic E-state index is 13.4. The summed E-state index contributed by atoms with van der Waals surface area (Å²) in [5.74, 6) is -4.17. The van der Waals surface area contributed by atoms with Crippen molar-refractivity contribution >= 4 is 23.5 Å². The molecule has 18 heteroatoms. The van der Waals surface area contributed by atoms with Crippen LogP contribution in [-0.2, 0) is 29.1 Å². The molecule has 2 aliphatic rings. The Bertz CT molecular complexity index is 1410. The lowest BCUT2D eigenvalue weighted by molar-refractivity contribution is -0.193. The van der Waals surface area contributed by atoms with Gasteiger partial charge >= 0.3 is 24.3 Å². The van der Waals surface area contributed by atoms with Crippen LogP contribution in [0, 0.1) is 17.7 Å². The third-order valence-corrected chi connectivity index (χ3v) is 6.24. The van der Waals surface area contributed by atoms with Gasteiger partial charge in [0.15, 0.2) is 0 Å². The number of rotatable bonds is 4. The smallest absolute Gasteiger partial charge is 0.475 e. The Kier molecular flexibility index (Phi) is 10.4. The number of nitrogens with zero attached hydrogens (tertiary/aromatic N) is 5. The van der Waals surface area contributed by atoms with E-state index in [-0.39, 0.29) is 11.7 Å². The van der Waals surface area contributed by atoms with Crippen LogP contribution in [-0.4, -0.2) is 78.1 Å². The molecule has 1 amide bonds. The number of halogens is 7. The number of carboxylic acids is 2. The molecular weight excluding hydrogens is 597 g/mol. The fraction of sp³-hybridized carbons (Fsp3) is 0.360. The van der Waals surface area contributed by atoms with Gasteiger partial charge in [0, 0.05) is 50.7 Å². The molecule has 5 rings (SSSR count). The van der Waals surface area contributed by atoms with Crippen molar-refractivity contribution in [3.8, 4) is 0 Å². The first kappa shape index (κ1) is 32.9. The summed E-state index contributed by atoms with van der Waals surface area (Å²) in [7, 11) is 0. The van der Waals surface area contributed by atoms with E-state index >= 15 is 0 Å². The van der Waals surface area contributed by atoms with Crippen LogP contribution in [0.3, 0.4) is 0 Å². The summed E-state index contributed by atoms with van der Waals surface area (Å²) >= 11 is 0. The fourth-order valence-electron chi connectivity index (χ4n) is 4.42. The van der Waals surface area contributed by atoms with Crippen molar-refractivity contribution in [2.75, 3.05) is 18.4 Å². The second kappa shape index (κ2) is 13.6. The number of carbonyl (C=O) groups is 3. The maximum Gasteiger partial charge on any atom is 0.490 e. The third-order valence-electron chi connectivity index (χ3n) is 6.24. The van der Waals surface area contributed by atoms with Crippen molar-refractivity contribution < 1.29 is 55.3 Å². The maximum atomic E-state index is 13.4. The molecule has 3 N–H and O–H groups in total.